The molecule has 0 N–H and O–H groups in total. The predicted molar refractivity (Wildman–Crippen MR) is 79.6 cm³/mol. The van der Waals surface area contributed by atoms with E-state index in [0.29, 0.717) is 21.7 Å². The highest BCUT2D eigenvalue weighted by Gasteiger charge is 2.22. The highest BCUT2D eigenvalue weighted by molar-refractivity contribution is 7.18. The maximum absolute atomic E-state index is 6.33. The van der Waals surface area contributed by atoms with E-state index in [1.807, 2.05) is 6.07 Å². The first-order chi connectivity index (χ1) is 8.72. The maximum Gasteiger partial charge on any atom is 0.139 e. The summed E-state index contributed by atoms with van der Waals surface area (Å²) < 4.78 is 6.40. The van der Waals surface area contributed by atoms with E-state index in [-0.39, 0.29) is 0 Å². The molecule has 1 nitrogen and oxygen atoms in total. The second-order valence-electron chi connectivity index (χ2n) is 4.76. The Labute approximate surface area is 121 Å². The smallest absolute Gasteiger partial charge is 0.139 e. The van der Waals surface area contributed by atoms with Crippen molar-refractivity contribution in [2.24, 2.45) is 0 Å². The molecule has 1 aliphatic carbocycles. The highest BCUT2D eigenvalue weighted by Crippen LogP contribution is 2.46. The minimum atomic E-state index is 0.520. The van der Waals surface area contributed by atoms with Crippen molar-refractivity contribution in [2.75, 3.05) is 7.11 Å². The van der Waals surface area contributed by atoms with Crippen molar-refractivity contribution in [2.45, 2.75) is 31.6 Å². The van der Waals surface area contributed by atoms with Crippen molar-refractivity contribution in [3.63, 3.8) is 0 Å². The van der Waals surface area contributed by atoms with Crippen LogP contribution in [0.2, 0.25) is 10.0 Å². The van der Waals surface area contributed by atoms with Crippen LogP contribution in [0.5, 0.6) is 5.75 Å². The summed E-state index contributed by atoms with van der Waals surface area (Å²) in [7, 11) is 1.63. The molecule has 1 aliphatic rings. The van der Waals surface area contributed by atoms with E-state index in [1.54, 1.807) is 18.4 Å². The molecule has 0 radical (unpaired) electrons. The zero-order valence-electron chi connectivity index (χ0n) is 10.1. The van der Waals surface area contributed by atoms with Crippen LogP contribution in [-0.2, 0) is 0 Å². The lowest BCUT2D eigenvalue weighted by Gasteiger charge is -2.10. The third-order valence-electron chi connectivity index (χ3n) is 3.76. The minimum absolute atomic E-state index is 0.520. The van der Waals surface area contributed by atoms with Gasteiger partial charge in [0.25, 0.3) is 0 Å². The Bertz CT molecular complexity index is 585. The van der Waals surface area contributed by atoms with Crippen LogP contribution in [0.1, 0.15) is 37.2 Å². The van der Waals surface area contributed by atoms with Crippen LogP contribution >= 0.6 is 34.5 Å². The SMILES string of the molecule is COc1cc2c(C3CCCC3)csc2c(Cl)c1Cl. The quantitative estimate of drug-likeness (QED) is 0.673. The van der Waals surface area contributed by atoms with Gasteiger partial charge in [-0.2, -0.15) is 0 Å². The Morgan fingerprint density at radius 1 is 1.22 bits per heavy atom. The van der Waals surface area contributed by atoms with E-state index < -0.39 is 0 Å². The first kappa shape index (κ1) is 12.6. The fourth-order valence-electron chi connectivity index (χ4n) is 2.80. The largest absolute Gasteiger partial charge is 0.495 e. The molecule has 1 aromatic carbocycles. The second kappa shape index (κ2) is 4.92. The summed E-state index contributed by atoms with van der Waals surface area (Å²) in [5.41, 5.74) is 1.42. The molecule has 1 aromatic heterocycles. The van der Waals surface area contributed by atoms with E-state index >= 15 is 0 Å². The molecule has 1 saturated carbocycles. The van der Waals surface area contributed by atoms with Gasteiger partial charge in [0.05, 0.1) is 16.8 Å². The van der Waals surface area contributed by atoms with Gasteiger partial charge >= 0.3 is 0 Å². The van der Waals surface area contributed by atoms with Crippen molar-refractivity contribution in [1.29, 1.82) is 0 Å². The van der Waals surface area contributed by atoms with Crippen LogP contribution in [-0.4, -0.2) is 7.11 Å². The summed E-state index contributed by atoms with van der Waals surface area (Å²) in [5, 5.41) is 4.60. The number of halogens is 2. The molecule has 0 unspecified atom stereocenters. The van der Waals surface area contributed by atoms with E-state index in [1.165, 1.54) is 36.6 Å². The lowest BCUT2D eigenvalue weighted by Crippen LogP contribution is -1.91. The molecule has 1 heterocycles. The van der Waals surface area contributed by atoms with Gasteiger partial charge in [0, 0.05) is 5.39 Å². The average Bonchev–Trinajstić information content (AvgIpc) is 3.01. The molecule has 4 heteroatoms. The van der Waals surface area contributed by atoms with Crippen LogP contribution in [0.15, 0.2) is 11.4 Å². The van der Waals surface area contributed by atoms with Gasteiger partial charge < -0.3 is 4.74 Å². The number of thiophene rings is 1. The maximum atomic E-state index is 6.33. The summed E-state index contributed by atoms with van der Waals surface area (Å²) in [6.45, 7) is 0. The number of hydrogen-bond acceptors (Lipinski definition) is 2. The molecule has 0 atom stereocenters. The van der Waals surface area contributed by atoms with Crippen molar-refractivity contribution in [1.82, 2.24) is 0 Å². The van der Waals surface area contributed by atoms with Crippen LogP contribution in [0.3, 0.4) is 0 Å². The van der Waals surface area contributed by atoms with Gasteiger partial charge in [0.1, 0.15) is 10.8 Å². The molecular formula is C14H14Cl2OS. The Morgan fingerprint density at radius 2 is 1.94 bits per heavy atom. The van der Waals surface area contributed by atoms with E-state index in [2.05, 4.69) is 5.38 Å². The number of fused-ring (bicyclic) bond motifs is 1. The summed E-state index contributed by atoms with van der Waals surface area (Å²) in [6.07, 6.45) is 5.24. The van der Waals surface area contributed by atoms with Crippen molar-refractivity contribution in [3.8, 4) is 5.75 Å². The minimum Gasteiger partial charge on any atom is -0.495 e. The molecule has 3 rings (SSSR count). The monoisotopic (exact) mass is 300 g/mol. The molecule has 2 aromatic rings. The molecule has 0 amide bonds. The van der Waals surface area contributed by atoms with Crippen LogP contribution in [0.4, 0.5) is 0 Å². The van der Waals surface area contributed by atoms with Crippen molar-refractivity contribution >= 4 is 44.6 Å². The average molecular weight is 301 g/mol. The Hall–Kier alpha value is -0.440. The zero-order valence-corrected chi connectivity index (χ0v) is 12.5. The number of methoxy groups -OCH3 is 1. The number of ether oxygens (including phenoxy) is 1. The van der Waals surface area contributed by atoms with Crippen LogP contribution < -0.4 is 4.74 Å². The van der Waals surface area contributed by atoms with Crippen molar-refractivity contribution in [3.05, 3.63) is 27.1 Å². The van der Waals surface area contributed by atoms with Gasteiger partial charge in [-0.15, -0.1) is 11.3 Å². The van der Waals surface area contributed by atoms with Gasteiger partial charge in [0.2, 0.25) is 0 Å². The first-order valence-electron chi connectivity index (χ1n) is 6.15. The third-order valence-corrected chi connectivity index (χ3v) is 5.75. The topological polar surface area (TPSA) is 9.23 Å². The van der Waals surface area contributed by atoms with Crippen molar-refractivity contribution < 1.29 is 4.74 Å². The Kier molecular flexibility index (Phi) is 3.44. The molecule has 1 fully saturated rings. The number of hydrogen-bond donors (Lipinski definition) is 0. The summed E-state index contributed by atoms with van der Waals surface area (Å²) >= 11 is 14.2. The second-order valence-corrected chi connectivity index (χ2v) is 6.39. The van der Waals surface area contributed by atoms with E-state index in [9.17, 15) is 0 Å². The van der Waals surface area contributed by atoms with Crippen LogP contribution in [0.25, 0.3) is 10.1 Å². The molecular weight excluding hydrogens is 287 g/mol. The Morgan fingerprint density at radius 3 is 2.61 bits per heavy atom. The molecule has 0 saturated heterocycles. The summed E-state index contributed by atoms with van der Waals surface area (Å²) in [6, 6.07) is 2.04. The molecule has 0 aliphatic heterocycles. The van der Waals surface area contributed by atoms with Gasteiger partial charge in [-0.3, -0.25) is 0 Å². The molecule has 18 heavy (non-hydrogen) atoms. The Balaban J connectivity index is 2.20. The lowest BCUT2D eigenvalue weighted by molar-refractivity contribution is 0.415. The first-order valence-corrected chi connectivity index (χ1v) is 7.79. The predicted octanol–water partition coefficient (Wildman–Crippen LogP) is 5.87. The molecule has 0 spiro atoms. The third kappa shape index (κ3) is 1.91. The molecule has 96 valence electrons. The zero-order chi connectivity index (χ0) is 12.7. The number of rotatable bonds is 2. The van der Waals surface area contributed by atoms with Gasteiger partial charge in [0.15, 0.2) is 0 Å². The lowest BCUT2D eigenvalue weighted by atomic mass is 9.97. The number of benzene rings is 1. The van der Waals surface area contributed by atoms with Crippen LogP contribution in [0, 0.1) is 0 Å². The molecule has 0 bridgehead atoms. The van der Waals surface area contributed by atoms with Gasteiger partial charge in [-0.05, 0) is 35.8 Å². The van der Waals surface area contributed by atoms with Gasteiger partial charge in [-0.1, -0.05) is 36.0 Å². The summed E-state index contributed by atoms with van der Waals surface area (Å²) in [5.74, 6) is 1.35. The highest BCUT2D eigenvalue weighted by atomic mass is 35.5. The summed E-state index contributed by atoms with van der Waals surface area (Å²) in [4.78, 5) is 0. The standard InChI is InChI=1S/C14H14Cl2OS/c1-17-11-6-9-10(8-4-2-3-5-8)7-18-14(9)13(16)12(11)15/h6-8H,2-5H2,1H3. The van der Waals surface area contributed by atoms with E-state index in [4.69, 9.17) is 27.9 Å². The van der Waals surface area contributed by atoms with Gasteiger partial charge in [-0.25, -0.2) is 0 Å². The fraction of sp³-hybridized carbons (Fsp3) is 0.429. The fourth-order valence-corrected chi connectivity index (χ4v) is 4.49. The van der Waals surface area contributed by atoms with E-state index in [0.717, 1.165) is 4.70 Å². The normalized spacial score (nSPS) is 16.6.